The molecule has 0 heterocycles. The number of allylic oxidation sites excluding steroid dienone is 4. The number of halogens is 1. The van der Waals surface area contributed by atoms with Crippen molar-refractivity contribution in [3.63, 3.8) is 0 Å². The van der Waals surface area contributed by atoms with Gasteiger partial charge in [-0.3, -0.25) is 0 Å². The van der Waals surface area contributed by atoms with E-state index in [4.69, 9.17) is 0 Å². The maximum atomic E-state index is 3.40. The molecule has 0 bridgehead atoms. The Kier molecular flexibility index (Phi) is 10.9. The largest absolute Gasteiger partial charge is 0.0928 e. The van der Waals surface area contributed by atoms with Gasteiger partial charge in [-0.15, -0.1) is 0 Å². The van der Waals surface area contributed by atoms with Gasteiger partial charge in [0.2, 0.25) is 0 Å². The van der Waals surface area contributed by atoms with E-state index >= 15 is 0 Å². The molecule has 0 amide bonds. The van der Waals surface area contributed by atoms with E-state index in [0.29, 0.717) is 0 Å². The van der Waals surface area contributed by atoms with E-state index in [1.54, 1.807) is 0 Å². The molecule has 0 unspecified atom stereocenters. The van der Waals surface area contributed by atoms with Crippen molar-refractivity contribution in [2.24, 2.45) is 0 Å². The second kappa shape index (κ2) is 11.0. The van der Waals surface area contributed by atoms with Gasteiger partial charge in [-0.1, -0.05) is 60.0 Å². The SMILES string of the molecule is CCCC/C=C\C=C\CCCBr. The quantitative estimate of drug-likeness (QED) is 0.344. The summed E-state index contributed by atoms with van der Waals surface area (Å²) in [6.45, 7) is 2.22. The average molecular weight is 231 g/mol. The molecule has 0 aromatic carbocycles. The highest BCUT2D eigenvalue weighted by Gasteiger charge is 1.77. The van der Waals surface area contributed by atoms with Crippen molar-refractivity contribution in [1.82, 2.24) is 0 Å². The summed E-state index contributed by atoms with van der Waals surface area (Å²) in [6.07, 6.45) is 15.0. The highest BCUT2D eigenvalue weighted by Crippen LogP contribution is 1.97. The molecule has 0 aromatic heterocycles. The van der Waals surface area contributed by atoms with Gasteiger partial charge in [-0.2, -0.15) is 0 Å². The molecule has 0 N–H and O–H groups in total. The van der Waals surface area contributed by atoms with Gasteiger partial charge < -0.3 is 0 Å². The lowest BCUT2D eigenvalue weighted by Gasteiger charge is -1.86. The Hall–Kier alpha value is -0.0400. The summed E-state index contributed by atoms with van der Waals surface area (Å²) < 4.78 is 0. The van der Waals surface area contributed by atoms with Crippen LogP contribution in [-0.2, 0) is 0 Å². The fraction of sp³-hybridized carbons (Fsp3) is 0.636. The standard InChI is InChI=1S/C11H19Br/c1-2-3-4-5-6-7-8-9-10-11-12/h5-8H,2-4,9-11H2,1H3/b6-5-,8-7+. The maximum Gasteiger partial charge on any atom is 0.00342 e. The fourth-order valence-electron chi connectivity index (χ4n) is 0.867. The topological polar surface area (TPSA) is 0 Å². The van der Waals surface area contributed by atoms with Crippen LogP contribution in [0.5, 0.6) is 0 Å². The smallest absolute Gasteiger partial charge is 0.00342 e. The van der Waals surface area contributed by atoms with Gasteiger partial charge in [0, 0.05) is 5.33 Å². The molecule has 0 aromatic rings. The molecule has 1 heteroatoms. The molecule has 12 heavy (non-hydrogen) atoms. The Bertz CT molecular complexity index is 109. The molecule has 0 atom stereocenters. The lowest BCUT2D eigenvalue weighted by molar-refractivity contribution is 0.815. The van der Waals surface area contributed by atoms with E-state index < -0.39 is 0 Å². The summed E-state index contributed by atoms with van der Waals surface area (Å²) in [4.78, 5) is 0. The van der Waals surface area contributed by atoms with E-state index in [9.17, 15) is 0 Å². The second-order valence-corrected chi connectivity index (χ2v) is 3.62. The van der Waals surface area contributed by atoms with Gasteiger partial charge in [0.15, 0.2) is 0 Å². The fourth-order valence-corrected chi connectivity index (χ4v) is 1.19. The van der Waals surface area contributed by atoms with Gasteiger partial charge in [0.05, 0.1) is 0 Å². The maximum absolute atomic E-state index is 3.40. The van der Waals surface area contributed by atoms with Crippen LogP contribution in [0.4, 0.5) is 0 Å². The zero-order valence-corrected chi connectivity index (χ0v) is 9.52. The summed E-state index contributed by atoms with van der Waals surface area (Å²) in [5, 5.41) is 1.11. The second-order valence-electron chi connectivity index (χ2n) is 2.83. The van der Waals surface area contributed by atoms with Crippen molar-refractivity contribution in [1.29, 1.82) is 0 Å². The Labute approximate surface area is 84.9 Å². The molecule has 0 rings (SSSR count). The van der Waals surface area contributed by atoms with Crippen LogP contribution in [0, 0.1) is 0 Å². The van der Waals surface area contributed by atoms with Crippen LogP contribution in [0.15, 0.2) is 24.3 Å². The van der Waals surface area contributed by atoms with Gasteiger partial charge in [0.1, 0.15) is 0 Å². The molecular formula is C11H19Br. The van der Waals surface area contributed by atoms with Crippen LogP contribution in [0.25, 0.3) is 0 Å². The molecule has 0 aliphatic rings. The van der Waals surface area contributed by atoms with Gasteiger partial charge in [-0.05, 0) is 19.3 Å². The van der Waals surface area contributed by atoms with Gasteiger partial charge in [-0.25, -0.2) is 0 Å². The summed E-state index contributed by atoms with van der Waals surface area (Å²) in [7, 11) is 0. The minimum atomic E-state index is 1.11. The molecule has 0 saturated carbocycles. The van der Waals surface area contributed by atoms with Crippen LogP contribution in [-0.4, -0.2) is 5.33 Å². The molecule has 0 spiro atoms. The first-order valence-corrected chi connectivity index (χ1v) is 5.91. The molecule has 0 saturated heterocycles. The first-order chi connectivity index (χ1) is 5.91. The van der Waals surface area contributed by atoms with Crippen molar-refractivity contribution in [3.05, 3.63) is 24.3 Å². The van der Waals surface area contributed by atoms with Crippen molar-refractivity contribution in [2.45, 2.75) is 39.0 Å². The Balaban J connectivity index is 3.15. The zero-order chi connectivity index (χ0) is 9.07. The monoisotopic (exact) mass is 230 g/mol. The number of hydrogen-bond acceptors (Lipinski definition) is 0. The molecular weight excluding hydrogens is 212 g/mol. The Morgan fingerprint density at radius 1 is 1.00 bits per heavy atom. The van der Waals surface area contributed by atoms with E-state index in [0.717, 1.165) is 5.33 Å². The minimum absolute atomic E-state index is 1.11. The van der Waals surface area contributed by atoms with Crippen molar-refractivity contribution < 1.29 is 0 Å². The number of unbranched alkanes of at least 4 members (excludes halogenated alkanes) is 3. The molecule has 0 aliphatic carbocycles. The predicted octanol–water partition coefficient (Wildman–Crippen LogP) is 4.46. The van der Waals surface area contributed by atoms with Crippen LogP contribution in [0.2, 0.25) is 0 Å². The molecule has 0 fully saturated rings. The Morgan fingerprint density at radius 2 is 1.58 bits per heavy atom. The Morgan fingerprint density at radius 3 is 2.08 bits per heavy atom. The van der Waals surface area contributed by atoms with Gasteiger partial charge >= 0.3 is 0 Å². The average Bonchev–Trinajstić information content (AvgIpc) is 2.10. The summed E-state index contributed by atoms with van der Waals surface area (Å²) >= 11 is 3.40. The van der Waals surface area contributed by atoms with Gasteiger partial charge in [0.25, 0.3) is 0 Å². The summed E-state index contributed by atoms with van der Waals surface area (Å²) in [5.41, 5.74) is 0. The lowest BCUT2D eigenvalue weighted by atomic mass is 10.2. The van der Waals surface area contributed by atoms with Crippen LogP contribution < -0.4 is 0 Å². The minimum Gasteiger partial charge on any atom is -0.0928 e. The number of alkyl halides is 1. The van der Waals surface area contributed by atoms with Crippen molar-refractivity contribution in [2.75, 3.05) is 5.33 Å². The van der Waals surface area contributed by atoms with Crippen LogP contribution in [0.3, 0.4) is 0 Å². The first-order valence-electron chi connectivity index (χ1n) is 4.79. The van der Waals surface area contributed by atoms with E-state index in [1.807, 2.05) is 0 Å². The first kappa shape index (κ1) is 12.0. The number of hydrogen-bond donors (Lipinski definition) is 0. The third-order valence-corrected chi connectivity index (χ3v) is 2.17. The van der Waals surface area contributed by atoms with Crippen molar-refractivity contribution in [3.8, 4) is 0 Å². The van der Waals surface area contributed by atoms with Crippen molar-refractivity contribution >= 4 is 15.9 Å². The zero-order valence-electron chi connectivity index (χ0n) is 7.93. The predicted molar refractivity (Wildman–Crippen MR) is 60.8 cm³/mol. The molecule has 0 aliphatic heterocycles. The third-order valence-electron chi connectivity index (χ3n) is 1.61. The van der Waals surface area contributed by atoms with Crippen LogP contribution in [0.1, 0.15) is 39.0 Å². The van der Waals surface area contributed by atoms with E-state index in [2.05, 4.69) is 47.2 Å². The molecule has 0 radical (unpaired) electrons. The lowest BCUT2D eigenvalue weighted by Crippen LogP contribution is -1.69. The van der Waals surface area contributed by atoms with Crippen LogP contribution >= 0.6 is 15.9 Å². The highest BCUT2D eigenvalue weighted by atomic mass is 79.9. The number of rotatable bonds is 7. The van der Waals surface area contributed by atoms with E-state index in [-0.39, 0.29) is 0 Å². The highest BCUT2D eigenvalue weighted by molar-refractivity contribution is 9.09. The summed E-state index contributed by atoms with van der Waals surface area (Å²) in [5.74, 6) is 0. The molecule has 0 nitrogen and oxygen atoms in total. The molecule has 70 valence electrons. The summed E-state index contributed by atoms with van der Waals surface area (Å²) in [6, 6.07) is 0. The third kappa shape index (κ3) is 9.96. The normalized spacial score (nSPS) is 11.8. The van der Waals surface area contributed by atoms with E-state index in [1.165, 1.54) is 32.1 Å².